The third kappa shape index (κ3) is 4.90. The molecule has 6 nitrogen and oxygen atoms in total. The first-order valence-corrected chi connectivity index (χ1v) is 15.6. The molecule has 0 spiro atoms. The van der Waals surface area contributed by atoms with E-state index in [1.807, 2.05) is 4.90 Å². The van der Waals surface area contributed by atoms with Crippen molar-refractivity contribution < 1.29 is 18.0 Å². The molecular formula is C32H44F3N5O. The predicted molar refractivity (Wildman–Crippen MR) is 151 cm³/mol. The monoisotopic (exact) mass is 571 g/mol. The Labute approximate surface area is 241 Å². The number of benzene rings is 1. The van der Waals surface area contributed by atoms with E-state index in [0.29, 0.717) is 48.6 Å². The van der Waals surface area contributed by atoms with Crippen molar-refractivity contribution in [3.63, 3.8) is 0 Å². The van der Waals surface area contributed by atoms with Crippen LogP contribution in [-0.4, -0.2) is 55.1 Å². The average molecular weight is 572 g/mol. The number of hydrogen-bond acceptors (Lipinski definition) is 4. The number of halogens is 3. The van der Waals surface area contributed by atoms with Crippen LogP contribution in [0.1, 0.15) is 113 Å². The summed E-state index contributed by atoms with van der Waals surface area (Å²) in [5.74, 6) is 2.73. The molecule has 1 aromatic carbocycles. The number of carbonyl (C=O) groups excluding carboxylic acids is 1. The molecule has 41 heavy (non-hydrogen) atoms. The van der Waals surface area contributed by atoms with Crippen molar-refractivity contribution in [1.82, 2.24) is 24.6 Å². The molecule has 4 heterocycles. The zero-order chi connectivity index (χ0) is 29.3. The lowest BCUT2D eigenvalue weighted by Crippen LogP contribution is -2.51. The predicted octanol–water partition coefficient (Wildman–Crippen LogP) is 6.68. The summed E-state index contributed by atoms with van der Waals surface area (Å²) in [7, 11) is 0. The fraction of sp³-hybridized carbons (Fsp3) is 0.719. The Morgan fingerprint density at radius 3 is 2.32 bits per heavy atom. The highest BCUT2D eigenvalue weighted by Crippen LogP contribution is 2.52. The highest BCUT2D eigenvalue weighted by molar-refractivity contribution is 5.84. The van der Waals surface area contributed by atoms with Gasteiger partial charge in [0.2, 0.25) is 5.91 Å². The lowest BCUT2D eigenvalue weighted by Gasteiger charge is -2.45. The Balaban J connectivity index is 1.19. The summed E-state index contributed by atoms with van der Waals surface area (Å²) in [4.78, 5) is 18.9. The summed E-state index contributed by atoms with van der Waals surface area (Å²) in [6.07, 6.45) is 3.51. The minimum Gasteiger partial charge on any atom is -0.338 e. The van der Waals surface area contributed by atoms with Crippen LogP contribution < -0.4 is 0 Å². The van der Waals surface area contributed by atoms with Gasteiger partial charge in [0.1, 0.15) is 11.6 Å². The summed E-state index contributed by atoms with van der Waals surface area (Å²) < 4.78 is 42.6. The Bertz CT molecular complexity index is 1290. The summed E-state index contributed by atoms with van der Waals surface area (Å²) in [5.41, 5.74) is 0.466. The lowest BCUT2D eigenvalue weighted by atomic mass is 9.73. The zero-order valence-electron chi connectivity index (χ0n) is 25.0. The molecule has 4 aliphatic rings. The van der Waals surface area contributed by atoms with E-state index < -0.39 is 17.2 Å². The van der Waals surface area contributed by atoms with E-state index in [0.717, 1.165) is 49.3 Å². The highest BCUT2D eigenvalue weighted by atomic mass is 19.4. The molecule has 1 saturated carbocycles. The number of amides is 1. The zero-order valence-corrected chi connectivity index (χ0v) is 25.0. The maximum absolute atomic E-state index is 14.3. The van der Waals surface area contributed by atoms with Crippen LogP contribution in [0.25, 0.3) is 0 Å². The van der Waals surface area contributed by atoms with Gasteiger partial charge >= 0.3 is 6.18 Å². The molecule has 3 unspecified atom stereocenters. The first-order valence-electron chi connectivity index (χ1n) is 15.6. The normalized spacial score (nSPS) is 30.4. The van der Waals surface area contributed by atoms with Crippen LogP contribution in [0.2, 0.25) is 0 Å². The summed E-state index contributed by atoms with van der Waals surface area (Å²) >= 11 is 0. The molecular weight excluding hydrogens is 527 g/mol. The van der Waals surface area contributed by atoms with Gasteiger partial charge in [-0.25, -0.2) is 0 Å². The van der Waals surface area contributed by atoms with Crippen molar-refractivity contribution in [3.05, 3.63) is 46.5 Å². The Hall–Kier alpha value is -2.42. The summed E-state index contributed by atoms with van der Waals surface area (Å²) in [6.45, 7) is 11.6. The summed E-state index contributed by atoms with van der Waals surface area (Å²) in [5, 5.41) is 8.91. The van der Waals surface area contributed by atoms with Crippen molar-refractivity contribution in [2.75, 3.05) is 6.54 Å². The Morgan fingerprint density at radius 2 is 1.68 bits per heavy atom. The molecule has 2 saturated heterocycles. The van der Waals surface area contributed by atoms with E-state index in [1.165, 1.54) is 25.0 Å². The third-order valence-corrected chi connectivity index (χ3v) is 10.8. The number of aryl methyl sites for hydroxylation is 1. The largest absolute Gasteiger partial charge is 0.416 e. The van der Waals surface area contributed by atoms with Crippen molar-refractivity contribution in [2.24, 2.45) is 11.3 Å². The maximum atomic E-state index is 14.3. The quantitative estimate of drug-likeness (QED) is 0.402. The minimum atomic E-state index is -4.38. The van der Waals surface area contributed by atoms with E-state index in [-0.39, 0.29) is 18.4 Å². The standard InChI is InChI=1S/C32H44F3N5O/c1-19(2)29-37-36-21(5)39(29)28-15-25-8-9-26(16-28)40(25)27-10-12-31(17-27,20(3)4)30(41)38-13-11-22-6-7-24(32(33,34)35)14-23(22)18-38/h6-7,14,19-20,25-28H,8-13,15-18H2,1-5H3/t25?,26?,27?,28?,31-/m0/s1. The molecule has 2 aromatic rings. The van der Waals surface area contributed by atoms with Gasteiger partial charge in [-0.05, 0) is 87.5 Å². The second kappa shape index (κ2) is 10.4. The number of carbonyl (C=O) groups is 1. The number of rotatable bonds is 5. The lowest BCUT2D eigenvalue weighted by molar-refractivity contribution is -0.146. The van der Waals surface area contributed by atoms with Crippen molar-refractivity contribution >= 4 is 5.91 Å². The second-order valence-electron chi connectivity index (χ2n) is 13.8. The molecule has 4 atom stereocenters. The van der Waals surface area contributed by atoms with Gasteiger partial charge in [-0.1, -0.05) is 33.8 Å². The average Bonchev–Trinajstić information content (AvgIpc) is 3.61. The molecule has 0 N–H and O–H groups in total. The maximum Gasteiger partial charge on any atom is 0.416 e. The first-order chi connectivity index (χ1) is 19.4. The topological polar surface area (TPSA) is 54.3 Å². The fourth-order valence-corrected chi connectivity index (χ4v) is 8.71. The van der Waals surface area contributed by atoms with Gasteiger partial charge in [-0.15, -0.1) is 10.2 Å². The number of aromatic nitrogens is 3. The number of alkyl halides is 3. The molecule has 6 rings (SSSR count). The summed E-state index contributed by atoms with van der Waals surface area (Å²) in [6, 6.07) is 5.81. The van der Waals surface area contributed by atoms with Crippen LogP contribution in [0.3, 0.4) is 0 Å². The van der Waals surface area contributed by atoms with Gasteiger partial charge in [0, 0.05) is 43.2 Å². The van der Waals surface area contributed by atoms with Gasteiger partial charge in [0.05, 0.1) is 11.0 Å². The Kier molecular flexibility index (Phi) is 7.27. The van der Waals surface area contributed by atoms with Gasteiger partial charge in [-0.3, -0.25) is 9.69 Å². The number of piperidine rings is 1. The molecule has 3 fully saturated rings. The van der Waals surface area contributed by atoms with Gasteiger partial charge < -0.3 is 9.47 Å². The van der Waals surface area contributed by atoms with Gasteiger partial charge in [-0.2, -0.15) is 13.2 Å². The van der Waals surface area contributed by atoms with Crippen molar-refractivity contribution in [1.29, 1.82) is 0 Å². The van der Waals surface area contributed by atoms with E-state index >= 15 is 0 Å². The van der Waals surface area contributed by atoms with Crippen LogP contribution in [0.5, 0.6) is 0 Å². The fourth-order valence-electron chi connectivity index (χ4n) is 8.71. The van der Waals surface area contributed by atoms with E-state index in [2.05, 4.69) is 54.3 Å². The van der Waals surface area contributed by atoms with Crippen LogP contribution in [0, 0.1) is 18.3 Å². The van der Waals surface area contributed by atoms with Crippen LogP contribution in [0.15, 0.2) is 18.2 Å². The minimum absolute atomic E-state index is 0.141. The smallest absolute Gasteiger partial charge is 0.338 e. The Morgan fingerprint density at radius 1 is 0.976 bits per heavy atom. The molecule has 0 radical (unpaired) electrons. The number of hydrogen-bond donors (Lipinski definition) is 0. The molecule has 3 aliphatic heterocycles. The van der Waals surface area contributed by atoms with E-state index in [1.54, 1.807) is 6.07 Å². The third-order valence-electron chi connectivity index (χ3n) is 10.8. The molecule has 224 valence electrons. The van der Waals surface area contributed by atoms with E-state index in [9.17, 15) is 18.0 Å². The van der Waals surface area contributed by atoms with Gasteiger partial charge in [0.15, 0.2) is 0 Å². The second-order valence-corrected chi connectivity index (χ2v) is 13.8. The van der Waals surface area contributed by atoms with Crippen LogP contribution in [0.4, 0.5) is 13.2 Å². The SMILES string of the molecule is Cc1nnc(C(C)C)n1C1CC2CCC(C1)N2C1CC[C@@](C(=O)N2CCc3ccc(C(F)(F)F)cc3C2)(C(C)C)C1. The first kappa shape index (κ1) is 28.7. The van der Waals surface area contributed by atoms with Crippen molar-refractivity contribution in [2.45, 2.75) is 129 Å². The molecule has 9 heteroatoms. The number of nitrogens with zero attached hydrogens (tertiary/aromatic N) is 5. The van der Waals surface area contributed by atoms with Crippen LogP contribution in [-0.2, 0) is 23.9 Å². The highest BCUT2D eigenvalue weighted by Gasteiger charge is 2.54. The number of fused-ring (bicyclic) bond motifs is 3. The van der Waals surface area contributed by atoms with E-state index in [4.69, 9.17) is 0 Å². The van der Waals surface area contributed by atoms with Crippen LogP contribution >= 0.6 is 0 Å². The molecule has 2 bridgehead atoms. The molecule has 1 amide bonds. The van der Waals surface area contributed by atoms with Crippen molar-refractivity contribution in [3.8, 4) is 0 Å². The van der Waals surface area contributed by atoms with Gasteiger partial charge in [0.25, 0.3) is 0 Å². The molecule has 1 aromatic heterocycles. The molecule has 1 aliphatic carbocycles.